The molecule has 3 atom stereocenters. The van der Waals surface area contributed by atoms with Crippen molar-refractivity contribution >= 4 is 17.7 Å². The molecule has 0 aromatic rings. The summed E-state index contributed by atoms with van der Waals surface area (Å²) in [4.78, 5) is 38.2. The van der Waals surface area contributed by atoms with E-state index in [1.54, 1.807) is 0 Å². The number of amides is 3. The Kier molecular flexibility index (Phi) is 9.80. The van der Waals surface area contributed by atoms with Crippen molar-refractivity contribution in [1.29, 1.82) is 0 Å². The highest BCUT2D eigenvalue weighted by molar-refractivity contribution is 5.92. The number of aliphatic hydroxyl groups is 1. The van der Waals surface area contributed by atoms with E-state index < -0.39 is 35.4 Å². The normalized spacial score (nSPS) is 20.8. The first-order valence-electron chi connectivity index (χ1n) is 9.50. The van der Waals surface area contributed by atoms with Crippen molar-refractivity contribution in [3.63, 3.8) is 0 Å². The van der Waals surface area contributed by atoms with Gasteiger partial charge >= 0.3 is 0 Å². The van der Waals surface area contributed by atoms with Gasteiger partial charge in [0, 0.05) is 25.9 Å². The quantitative estimate of drug-likeness (QED) is 0.301. The maximum atomic E-state index is 13.0. The Morgan fingerprint density at radius 1 is 1.18 bits per heavy atom. The van der Waals surface area contributed by atoms with Gasteiger partial charge in [0.15, 0.2) is 0 Å². The number of hydrogen-bond acceptors (Lipinski definition) is 7. The summed E-state index contributed by atoms with van der Waals surface area (Å²) in [5.41, 5.74) is 10.1. The van der Waals surface area contributed by atoms with E-state index in [2.05, 4.69) is 5.32 Å². The summed E-state index contributed by atoms with van der Waals surface area (Å²) in [5, 5.41) is 12.6. The van der Waals surface area contributed by atoms with Crippen LogP contribution in [0.25, 0.3) is 0 Å². The Morgan fingerprint density at radius 2 is 1.79 bits per heavy atom. The maximum absolute atomic E-state index is 13.0. The molecule has 1 saturated heterocycles. The van der Waals surface area contributed by atoms with Crippen LogP contribution in [-0.2, 0) is 23.9 Å². The fraction of sp³-hybridized carbons (Fsp3) is 0.833. The number of nitrogens with zero attached hydrogens (tertiary/aromatic N) is 1. The zero-order valence-corrected chi connectivity index (χ0v) is 17.0. The molecule has 0 radical (unpaired) electrons. The van der Waals surface area contributed by atoms with Crippen LogP contribution in [0.1, 0.15) is 33.6 Å². The van der Waals surface area contributed by atoms with Crippen LogP contribution < -0.4 is 16.8 Å². The average molecular weight is 402 g/mol. The SMILES string of the molecule is CC(C)(C)[C@H](NC(=O)CCOCCOCCN)C(=O)N1CC(O)C[C@H]1C(N)=O. The molecule has 0 aromatic heterocycles. The average Bonchev–Trinajstić information content (AvgIpc) is 2.99. The van der Waals surface area contributed by atoms with Crippen molar-refractivity contribution in [3.05, 3.63) is 0 Å². The first-order valence-corrected chi connectivity index (χ1v) is 9.50. The Hall–Kier alpha value is -1.75. The number of rotatable bonds is 11. The van der Waals surface area contributed by atoms with E-state index in [9.17, 15) is 19.5 Å². The van der Waals surface area contributed by atoms with Gasteiger partial charge in [0.1, 0.15) is 12.1 Å². The van der Waals surface area contributed by atoms with Crippen molar-refractivity contribution in [2.45, 2.75) is 51.8 Å². The second-order valence-corrected chi connectivity index (χ2v) is 7.93. The number of likely N-dealkylation sites (tertiary alicyclic amines) is 1. The molecule has 1 fully saturated rings. The molecule has 0 saturated carbocycles. The Morgan fingerprint density at radius 3 is 2.32 bits per heavy atom. The minimum absolute atomic E-state index is 0.0147. The monoisotopic (exact) mass is 402 g/mol. The molecule has 1 aliphatic heterocycles. The lowest BCUT2D eigenvalue weighted by atomic mass is 9.85. The first kappa shape index (κ1) is 24.3. The molecule has 0 aliphatic carbocycles. The summed E-state index contributed by atoms with van der Waals surface area (Å²) in [6.45, 7) is 7.28. The number of ether oxygens (including phenoxy) is 2. The second-order valence-electron chi connectivity index (χ2n) is 7.93. The van der Waals surface area contributed by atoms with E-state index in [4.69, 9.17) is 20.9 Å². The number of carbonyl (C=O) groups excluding carboxylic acids is 3. The highest BCUT2D eigenvalue weighted by atomic mass is 16.5. The molecule has 6 N–H and O–H groups in total. The highest BCUT2D eigenvalue weighted by Crippen LogP contribution is 2.26. The Balaban J connectivity index is 2.60. The van der Waals surface area contributed by atoms with Crippen LogP contribution in [0.4, 0.5) is 0 Å². The van der Waals surface area contributed by atoms with Crippen molar-refractivity contribution < 1.29 is 29.0 Å². The zero-order chi connectivity index (χ0) is 21.3. The number of aliphatic hydroxyl groups excluding tert-OH is 1. The van der Waals surface area contributed by atoms with E-state index in [0.29, 0.717) is 26.4 Å². The predicted molar refractivity (Wildman–Crippen MR) is 102 cm³/mol. The van der Waals surface area contributed by atoms with Gasteiger partial charge in [0.2, 0.25) is 17.7 Å². The van der Waals surface area contributed by atoms with Crippen LogP contribution in [0.15, 0.2) is 0 Å². The molecular weight excluding hydrogens is 368 g/mol. The van der Waals surface area contributed by atoms with Crippen molar-refractivity contribution in [1.82, 2.24) is 10.2 Å². The van der Waals surface area contributed by atoms with Crippen LogP contribution in [0.5, 0.6) is 0 Å². The maximum Gasteiger partial charge on any atom is 0.246 e. The lowest BCUT2D eigenvalue weighted by Crippen LogP contribution is -2.57. The van der Waals surface area contributed by atoms with Crippen molar-refractivity contribution in [2.24, 2.45) is 16.9 Å². The molecule has 10 heteroatoms. The molecule has 3 amide bonds. The molecule has 162 valence electrons. The molecular formula is C18H34N4O6. The Labute approximate surface area is 165 Å². The number of nitrogens with two attached hydrogens (primary N) is 2. The van der Waals surface area contributed by atoms with E-state index in [1.165, 1.54) is 4.90 Å². The third-order valence-corrected chi connectivity index (χ3v) is 4.42. The van der Waals surface area contributed by atoms with Gasteiger partial charge in [-0.15, -0.1) is 0 Å². The standard InChI is InChI=1S/C18H34N4O6/c1-18(2,3)15(17(26)22-11-12(23)10-13(22)16(20)25)21-14(24)4-6-27-8-9-28-7-5-19/h12-13,15,23H,4-11,19H2,1-3H3,(H2,20,25)(H,21,24)/t12?,13-,15+/m0/s1. The molecule has 10 nitrogen and oxygen atoms in total. The smallest absolute Gasteiger partial charge is 0.246 e. The lowest BCUT2D eigenvalue weighted by molar-refractivity contribution is -0.143. The van der Waals surface area contributed by atoms with Gasteiger partial charge in [0.25, 0.3) is 0 Å². The van der Waals surface area contributed by atoms with E-state index in [1.807, 2.05) is 20.8 Å². The lowest BCUT2D eigenvalue weighted by Gasteiger charge is -2.35. The minimum Gasteiger partial charge on any atom is -0.391 e. The fourth-order valence-electron chi connectivity index (χ4n) is 2.94. The summed E-state index contributed by atoms with van der Waals surface area (Å²) in [6.07, 6.45) is -0.627. The van der Waals surface area contributed by atoms with Crippen LogP contribution in [-0.4, -0.2) is 85.4 Å². The molecule has 1 rings (SSSR count). The Bertz CT molecular complexity index is 537. The number of β-amino-alcohol motifs (C(OH)–C–C–N with tert-alkyl or cyclic N) is 1. The molecule has 1 unspecified atom stereocenters. The molecule has 28 heavy (non-hydrogen) atoms. The minimum atomic E-state index is -0.874. The van der Waals surface area contributed by atoms with E-state index in [0.717, 1.165) is 0 Å². The highest BCUT2D eigenvalue weighted by Gasteiger charge is 2.43. The third kappa shape index (κ3) is 7.70. The van der Waals surface area contributed by atoms with Gasteiger partial charge < -0.3 is 36.3 Å². The number of carbonyl (C=O) groups is 3. The summed E-state index contributed by atoms with van der Waals surface area (Å²) in [6, 6.07) is -1.74. The molecule has 1 aliphatic rings. The number of hydrogen-bond donors (Lipinski definition) is 4. The summed E-state index contributed by atoms with van der Waals surface area (Å²) < 4.78 is 10.5. The summed E-state index contributed by atoms with van der Waals surface area (Å²) >= 11 is 0. The van der Waals surface area contributed by atoms with Gasteiger partial charge in [-0.2, -0.15) is 0 Å². The van der Waals surface area contributed by atoms with Crippen molar-refractivity contribution in [2.75, 3.05) is 39.5 Å². The van der Waals surface area contributed by atoms with Gasteiger partial charge in [-0.1, -0.05) is 20.8 Å². The molecule has 0 aromatic carbocycles. The van der Waals surface area contributed by atoms with Gasteiger partial charge in [-0.25, -0.2) is 0 Å². The summed E-state index contributed by atoms with van der Waals surface area (Å²) in [7, 11) is 0. The number of nitrogens with one attached hydrogen (secondary N) is 1. The van der Waals surface area contributed by atoms with Crippen LogP contribution in [0, 0.1) is 5.41 Å². The molecule has 0 bridgehead atoms. The van der Waals surface area contributed by atoms with Crippen LogP contribution >= 0.6 is 0 Å². The molecule has 0 spiro atoms. The second kappa shape index (κ2) is 11.3. The zero-order valence-electron chi connectivity index (χ0n) is 17.0. The number of primary amides is 1. The van der Waals surface area contributed by atoms with Gasteiger partial charge in [-0.3, -0.25) is 14.4 Å². The predicted octanol–water partition coefficient (Wildman–Crippen LogP) is -1.65. The van der Waals surface area contributed by atoms with Crippen LogP contribution in [0.3, 0.4) is 0 Å². The van der Waals surface area contributed by atoms with Gasteiger partial charge in [0.05, 0.1) is 32.5 Å². The first-order chi connectivity index (χ1) is 13.1. The molecule has 1 heterocycles. The van der Waals surface area contributed by atoms with E-state index in [-0.39, 0.29) is 31.9 Å². The summed E-state index contributed by atoms with van der Waals surface area (Å²) in [5.74, 6) is -1.45. The van der Waals surface area contributed by atoms with Gasteiger partial charge in [-0.05, 0) is 5.41 Å². The largest absolute Gasteiger partial charge is 0.391 e. The van der Waals surface area contributed by atoms with E-state index >= 15 is 0 Å². The fourth-order valence-corrected chi connectivity index (χ4v) is 2.94. The van der Waals surface area contributed by atoms with Crippen molar-refractivity contribution in [3.8, 4) is 0 Å². The van der Waals surface area contributed by atoms with Crippen LogP contribution in [0.2, 0.25) is 0 Å². The topological polar surface area (TPSA) is 157 Å². The third-order valence-electron chi connectivity index (χ3n) is 4.42.